The molecule has 0 amide bonds. The predicted octanol–water partition coefficient (Wildman–Crippen LogP) is 2.29. The standard InChI is InChI=1S/C14H26N2/c1-3-8-13(4-2)16-14(11-15)12-9-6-5-7-10-12/h2,12-14,16H,3,5-11,15H2,1H3. The molecule has 2 atom stereocenters. The molecule has 0 spiro atoms. The monoisotopic (exact) mass is 222 g/mol. The minimum atomic E-state index is 0.209. The quantitative estimate of drug-likeness (QED) is 0.677. The van der Waals surface area contributed by atoms with Crippen LogP contribution >= 0.6 is 0 Å². The van der Waals surface area contributed by atoms with E-state index in [0.717, 1.165) is 18.8 Å². The highest BCUT2D eigenvalue weighted by Gasteiger charge is 2.23. The van der Waals surface area contributed by atoms with Gasteiger partial charge in [0.25, 0.3) is 0 Å². The fourth-order valence-corrected chi connectivity index (χ4v) is 2.69. The minimum Gasteiger partial charge on any atom is -0.329 e. The van der Waals surface area contributed by atoms with Gasteiger partial charge in [-0.1, -0.05) is 38.5 Å². The van der Waals surface area contributed by atoms with Crippen LogP contribution < -0.4 is 11.1 Å². The third kappa shape index (κ3) is 4.15. The Morgan fingerprint density at radius 2 is 2.06 bits per heavy atom. The van der Waals surface area contributed by atoms with Gasteiger partial charge in [-0.3, -0.25) is 5.32 Å². The van der Waals surface area contributed by atoms with Crippen molar-refractivity contribution in [3.8, 4) is 12.3 Å². The number of terminal acetylenes is 1. The van der Waals surface area contributed by atoms with Gasteiger partial charge in [-0.2, -0.15) is 0 Å². The van der Waals surface area contributed by atoms with Gasteiger partial charge in [0.05, 0.1) is 6.04 Å². The molecule has 3 N–H and O–H groups in total. The molecule has 2 heteroatoms. The second-order valence-corrected chi connectivity index (χ2v) is 4.91. The van der Waals surface area contributed by atoms with Gasteiger partial charge in [0.1, 0.15) is 0 Å². The van der Waals surface area contributed by atoms with Crippen LogP contribution in [0.2, 0.25) is 0 Å². The summed E-state index contributed by atoms with van der Waals surface area (Å²) in [7, 11) is 0. The molecule has 0 aromatic rings. The van der Waals surface area contributed by atoms with Gasteiger partial charge in [0, 0.05) is 12.6 Å². The van der Waals surface area contributed by atoms with E-state index in [1.165, 1.54) is 32.1 Å². The van der Waals surface area contributed by atoms with Gasteiger partial charge in [0.2, 0.25) is 0 Å². The Kier molecular flexibility index (Phi) is 6.52. The average molecular weight is 222 g/mol. The molecule has 2 unspecified atom stereocenters. The van der Waals surface area contributed by atoms with Crippen molar-refractivity contribution in [2.75, 3.05) is 6.54 Å². The van der Waals surface area contributed by atoms with E-state index in [-0.39, 0.29) is 6.04 Å². The molecular formula is C14H26N2. The van der Waals surface area contributed by atoms with Gasteiger partial charge < -0.3 is 5.73 Å². The van der Waals surface area contributed by atoms with Crippen LogP contribution in [-0.2, 0) is 0 Å². The fourth-order valence-electron chi connectivity index (χ4n) is 2.69. The van der Waals surface area contributed by atoms with Crippen LogP contribution in [0.4, 0.5) is 0 Å². The van der Waals surface area contributed by atoms with Crippen molar-refractivity contribution < 1.29 is 0 Å². The van der Waals surface area contributed by atoms with E-state index in [9.17, 15) is 0 Å². The van der Waals surface area contributed by atoms with Crippen LogP contribution in [0, 0.1) is 18.3 Å². The molecule has 0 heterocycles. The second-order valence-electron chi connectivity index (χ2n) is 4.91. The molecule has 0 bridgehead atoms. The zero-order valence-electron chi connectivity index (χ0n) is 10.5. The summed E-state index contributed by atoms with van der Waals surface area (Å²) in [6.45, 7) is 2.89. The molecule has 2 nitrogen and oxygen atoms in total. The third-order valence-corrected chi connectivity index (χ3v) is 3.67. The highest BCUT2D eigenvalue weighted by atomic mass is 15.0. The van der Waals surface area contributed by atoms with Crippen molar-refractivity contribution in [1.29, 1.82) is 0 Å². The summed E-state index contributed by atoms with van der Waals surface area (Å²) in [4.78, 5) is 0. The van der Waals surface area contributed by atoms with Crippen molar-refractivity contribution in [3.63, 3.8) is 0 Å². The molecule has 92 valence electrons. The molecule has 0 radical (unpaired) electrons. The maximum absolute atomic E-state index is 5.87. The number of rotatable bonds is 6. The van der Waals surface area contributed by atoms with Crippen molar-refractivity contribution in [3.05, 3.63) is 0 Å². The first-order chi connectivity index (χ1) is 7.81. The van der Waals surface area contributed by atoms with Gasteiger partial charge in [-0.25, -0.2) is 0 Å². The molecule has 0 saturated heterocycles. The maximum atomic E-state index is 5.87. The smallest absolute Gasteiger partial charge is 0.0689 e. The largest absolute Gasteiger partial charge is 0.329 e. The molecule has 1 rings (SSSR count). The molecule has 0 aromatic carbocycles. The second kappa shape index (κ2) is 7.70. The highest BCUT2D eigenvalue weighted by molar-refractivity contribution is 5.00. The topological polar surface area (TPSA) is 38.0 Å². The lowest BCUT2D eigenvalue weighted by Crippen LogP contribution is -2.47. The summed E-state index contributed by atoms with van der Waals surface area (Å²) in [5.74, 6) is 3.58. The van der Waals surface area contributed by atoms with Crippen LogP contribution in [-0.4, -0.2) is 18.6 Å². The van der Waals surface area contributed by atoms with E-state index < -0.39 is 0 Å². The minimum absolute atomic E-state index is 0.209. The molecular weight excluding hydrogens is 196 g/mol. The van der Waals surface area contributed by atoms with Crippen molar-refractivity contribution in [2.45, 2.75) is 64.0 Å². The Labute approximate surface area is 100 Å². The van der Waals surface area contributed by atoms with E-state index in [1.54, 1.807) is 0 Å². The first kappa shape index (κ1) is 13.5. The average Bonchev–Trinajstić information content (AvgIpc) is 2.35. The normalized spacial score (nSPS) is 21.3. The highest BCUT2D eigenvalue weighted by Crippen LogP contribution is 2.26. The molecule has 1 aliphatic carbocycles. The van der Waals surface area contributed by atoms with Crippen molar-refractivity contribution in [1.82, 2.24) is 5.32 Å². The summed E-state index contributed by atoms with van der Waals surface area (Å²) in [6.07, 6.45) is 14.5. The molecule has 1 fully saturated rings. The van der Waals surface area contributed by atoms with E-state index >= 15 is 0 Å². The van der Waals surface area contributed by atoms with Crippen LogP contribution in [0.3, 0.4) is 0 Å². The lowest BCUT2D eigenvalue weighted by Gasteiger charge is -2.32. The lowest BCUT2D eigenvalue weighted by molar-refractivity contribution is 0.262. The van der Waals surface area contributed by atoms with Gasteiger partial charge in [0.15, 0.2) is 0 Å². The molecule has 0 aromatic heterocycles. The van der Waals surface area contributed by atoms with Gasteiger partial charge in [-0.15, -0.1) is 6.42 Å². The van der Waals surface area contributed by atoms with Crippen LogP contribution in [0.1, 0.15) is 51.9 Å². The Morgan fingerprint density at radius 1 is 1.38 bits per heavy atom. The van der Waals surface area contributed by atoms with Gasteiger partial charge >= 0.3 is 0 Å². The Balaban J connectivity index is 2.43. The maximum Gasteiger partial charge on any atom is 0.0689 e. The summed E-state index contributed by atoms with van der Waals surface area (Å²) in [6, 6.07) is 0.633. The first-order valence-electron chi connectivity index (χ1n) is 6.74. The van der Waals surface area contributed by atoms with E-state index in [0.29, 0.717) is 12.6 Å². The van der Waals surface area contributed by atoms with E-state index in [2.05, 4.69) is 18.2 Å². The van der Waals surface area contributed by atoms with Crippen molar-refractivity contribution >= 4 is 0 Å². The van der Waals surface area contributed by atoms with E-state index in [4.69, 9.17) is 12.2 Å². The molecule has 0 aliphatic heterocycles. The van der Waals surface area contributed by atoms with E-state index in [1.807, 2.05) is 0 Å². The van der Waals surface area contributed by atoms with Crippen LogP contribution in [0.15, 0.2) is 0 Å². The number of nitrogens with two attached hydrogens (primary N) is 1. The Morgan fingerprint density at radius 3 is 2.56 bits per heavy atom. The number of hydrogen-bond acceptors (Lipinski definition) is 2. The third-order valence-electron chi connectivity index (χ3n) is 3.67. The molecule has 1 saturated carbocycles. The van der Waals surface area contributed by atoms with Crippen molar-refractivity contribution in [2.24, 2.45) is 11.7 Å². The Bertz CT molecular complexity index is 213. The van der Waals surface area contributed by atoms with Crippen LogP contribution in [0.25, 0.3) is 0 Å². The molecule has 16 heavy (non-hydrogen) atoms. The number of hydrogen-bond donors (Lipinski definition) is 2. The zero-order chi connectivity index (χ0) is 11.8. The van der Waals surface area contributed by atoms with Gasteiger partial charge in [-0.05, 0) is 25.2 Å². The first-order valence-corrected chi connectivity index (χ1v) is 6.74. The SMILES string of the molecule is C#CC(CCC)NC(CN)C1CCCCC1. The summed E-state index contributed by atoms with van der Waals surface area (Å²) < 4.78 is 0. The Hall–Kier alpha value is -0.520. The summed E-state index contributed by atoms with van der Waals surface area (Å²) >= 11 is 0. The summed E-state index contributed by atoms with van der Waals surface area (Å²) in [5, 5.41) is 3.56. The predicted molar refractivity (Wildman–Crippen MR) is 70.1 cm³/mol. The summed E-state index contributed by atoms with van der Waals surface area (Å²) in [5.41, 5.74) is 5.87. The fraction of sp³-hybridized carbons (Fsp3) is 0.857. The lowest BCUT2D eigenvalue weighted by atomic mass is 9.83. The molecule has 1 aliphatic rings. The van der Waals surface area contributed by atoms with Crippen LogP contribution in [0.5, 0.6) is 0 Å². The number of nitrogens with one attached hydrogen (secondary N) is 1. The zero-order valence-corrected chi connectivity index (χ0v) is 10.5.